The van der Waals surface area contributed by atoms with Gasteiger partial charge < -0.3 is 14.1 Å². The average molecular weight is 1020 g/mol. The number of benzene rings is 7. The van der Waals surface area contributed by atoms with Crippen LogP contribution in [0.1, 0.15) is 103 Å². The van der Waals surface area contributed by atoms with E-state index < -0.39 is 0 Å². The Balaban J connectivity index is 0.000000339. The molecule has 327 valence electrons. The third kappa shape index (κ3) is 8.29. The molecule has 0 aliphatic carbocycles. The van der Waals surface area contributed by atoms with Crippen LogP contribution in [0.15, 0.2) is 158 Å². The first-order chi connectivity index (χ1) is 30.2. The Morgan fingerprint density at radius 1 is 0.547 bits per heavy atom. The first kappa shape index (κ1) is 44.6. The Hall–Kier alpha value is -5.98. The van der Waals surface area contributed by atoms with Crippen LogP contribution < -0.4 is 9.55 Å². The molecule has 3 aromatic heterocycles. The van der Waals surface area contributed by atoms with Crippen LogP contribution in [0.25, 0.3) is 72.1 Å². The van der Waals surface area contributed by atoms with Gasteiger partial charge in [-0.1, -0.05) is 203 Å². The molecule has 0 unspecified atom stereocenters. The molecular formula is C58H58AuN5-. The molecule has 1 radical (unpaired) electrons. The average Bonchev–Trinajstić information content (AvgIpc) is 3.98. The summed E-state index contributed by atoms with van der Waals surface area (Å²) in [6.07, 6.45) is 3.86. The third-order valence-corrected chi connectivity index (χ3v) is 12.3. The Labute approximate surface area is 394 Å². The van der Waals surface area contributed by atoms with E-state index in [1.165, 1.54) is 55.0 Å². The minimum absolute atomic E-state index is 0. The second kappa shape index (κ2) is 17.5. The second-order valence-corrected chi connectivity index (χ2v) is 19.6. The molecule has 0 N–H and O–H groups in total. The molecule has 6 heteroatoms. The van der Waals surface area contributed by atoms with E-state index in [0.29, 0.717) is 11.8 Å². The van der Waals surface area contributed by atoms with Crippen molar-refractivity contribution in [3.05, 3.63) is 186 Å². The molecule has 5 nitrogen and oxygen atoms in total. The summed E-state index contributed by atoms with van der Waals surface area (Å²) < 4.78 is 6.66. The standard InChI is InChI=1S/C46H50N4.C12H8N.Au/c1-30(2)37-25-33(45(5,6)7)26-38(31(3)4)42(37)48-29-49(47-44(48)32-19-13-11-14-20-32)41-28-34(46(8,9)10)27-39-36-23-17-18-24-40(36)50(43(39)41)35-21-15-12-16-22-35;1-3-7-11-9(5-1)10-6-2-4-8-12(10)13-11;/h11-28,30-31H,1-10H3;1-8H;/q;-1;. The molecule has 0 aliphatic rings. The van der Waals surface area contributed by atoms with Crippen LogP contribution in [0, 0.1) is 6.33 Å². The number of nitrogens with zero attached hydrogens (tertiary/aromatic N) is 5. The predicted molar refractivity (Wildman–Crippen MR) is 264 cm³/mol. The van der Waals surface area contributed by atoms with Gasteiger partial charge >= 0.3 is 0 Å². The van der Waals surface area contributed by atoms with E-state index in [1.807, 2.05) is 16.8 Å². The SMILES string of the molecule is CC(C)c1cc(C(C)(C)C)cc(C(C)C)c1-[n+]1[c-]n(-c2cc(C(C)(C)C)cc3c4ccccc4n(-c4ccccc4)c23)nc1-c1ccccc1.[Au].c1ccc2c(c1)[n-]c1ccccc12. The molecule has 10 aromatic rings. The fourth-order valence-corrected chi connectivity index (χ4v) is 8.84. The minimum atomic E-state index is -0.0807. The molecule has 0 amide bonds. The molecule has 64 heavy (non-hydrogen) atoms. The van der Waals surface area contributed by atoms with Gasteiger partial charge in [0.15, 0.2) is 0 Å². The summed E-state index contributed by atoms with van der Waals surface area (Å²) in [5.41, 5.74) is 14.0. The van der Waals surface area contributed by atoms with E-state index >= 15 is 0 Å². The van der Waals surface area contributed by atoms with Crippen LogP contribution in [0.3, 0.4) is 0 Å². The van der Waals surface area contributed by atoms with Crippen LogP contribution in [0.2, 0.25) is 0 Å². The number of hydrogen-bond donors (Lipinski definition) is 0. The van der Waals surface area contributed by atoms with E-state index in [9.17, 15) is 0 Å². The molecule has 0 spiro atoms. The fraction of sp³-hybridized carbons (Fsp3) is 0.241. The number of para-hydroxylation sites is 4. The molecular weight excluding hydrogens is 964 g/mol. The number of hydrogen-bond acceptors (Lipinski definition) is 1. The zero-order valence-electron chi connectivity index (χ0n) is 38.7. The maximum absolute atomic E-state index is 5.49. The molecule has 0 atom stereocenters. The van der Waals surface area contributed by atoms with E-state index in [4.69, 9.17) is 5.10 Å². The van der Waals surface area contributed by atoms with Gasteiger partial charge in [-0.05, 0) is 85.1 Å². The largest absolute Gasteiger partial charge is 0.657 e. The molecule has 0 saturated carbocycles. The first-order valence-electron chi connectivity index (χ1n) is 22.4. The zero-order valence-corrected chi connectivity index (χ0v) is 40.9. The summed E-state index contributed by atoms with van der Waals surface area (Å²) in [6, 6.07) is 56.1. The van der Waals surface area contributed by atoms with Crippen LogP contribution in [0.5, 0.6) is 0 Å². The van der Waals surface area contributed by atoms with Crippen LogP contribution in [-0.2, 0) is 33.2 Å². The Morgan fingerprint density at radius 3 is 1.58 bits per heavy atom. The van der Waals surface area contributed by atoms with Crippen LogP contribution >= 0.6 is 0 Å². The Morgan fingerprint density at radius 2 is 1.03 bits per heavy atom. The summed E-state index contributed by atoms with van der Waals surface area (Å²) >= 11 is 0. The first-order valence-corrected chi connectivity index (χ1v) is 22.4. The van der Waals surface area contributed by atoms with Gasteiger partial charge in [0.2, 0.25) is 12.2 Å². The van der Waals surface area contributed by atoms with Crippen molar-refractivity contribution in [3.8, 4) is 28.5 Å². The second-order valence-electron chi connectivity index (χ2n) is 19.6. The van der Waals surface area contributed by atoms with E-state index in [-0.39, 0.29) is 33.2 Å². The van der Waals surface area contributed by atoms with Crippen molar-refractivity contribution in [3.63, 3.8) is 0 Å². The molecule has 10 rings (SSSR count). The fourth-order valence-electron chi connectivity index (χ4n) is 8.84. The Bertz CT molecular complexity index is 3160. The van der Waals surface area contributed by atoms with Crippen molar-refractivity contribution >= 4 is 43.6 Å². The number of rotatable bonds is 6. The minimum Gasteiger partial charge on any atom is -0.657 e. The molecule has 0 saturated heterocycles. The van der Waals surface area contributed by atoms with Gasteiger partial charge in [0.25, 0.3) is 0 Å². The normalized spacial score (nSPS) is 12.1. The summed E-state index contributed by atoms with van der Waals surface area (Å²) in [4.78, 5) is 4.52. The van der Waals surface area contributed by atoms with E-state index in [2.05, 4.69) is 235 Å². The van der Waals surface area contributed by atoms with E-state index in [0.717, 1.165) is 39.3 Å². The third-order valence-electron chi connectivity index (χ3n) is 12.3. The van der Waals surface area contributed by atoms with Gasteiger partial charge in [0.05, 0.1) is 16.7 Å². The Kier molecular flexibility index (Phi) is 12.2. The smallest absolute Gasteiger partial charge is 0.231 e. The van der Waals surface area contributed by atoms with Crippen LogP contribution in [-0.4, -0.2) is 14.3 Å². The van der Waals surface area contributed by atoms with Crippen molar-refractivity contribution in [2.75, 3.05) is 0 Å². The summed E-state index contributed by atoms with van der Waals surface area (Å²) in [7, 11) is 0. The van der Waals surface area contributed by atoms with Crippen molar-refractivity contribution in [1.29, 1.82) is 0 Å². The maximum atomic E-state index is 5.49. The quantitative estimate of drug-likeness (QED) is 0.0946. The van der Waals surface area contributed by atoms with Gasteiger partial charge in [-0.2, -0.15) is 4.68 Å². The molecule has 0 aliphatic heterocycles. The molecule has 7 aromatic carbocycles. The van der Waals surface area contributed by atoms with E-state index in [1.54, 1.807) is 0 Å². The predicted octanol–water partition coefficient (Wildman–Crippen LogP) is 14.5. The number of fused-ring (bicyclic) bond motifs is 6. The van der Waals surface area contributed by atoms with Crippen molar-refractivity contribution in [1.82, 2.24) is 19.3 Å². The van der Waals surface area contributed by atoms with Gasteiger partial charge in [0, 0.05) is 50.1 Å². The zero-order chi connectivity index (χ0) is 44.2. The van der Waals surface area contributed by atoms with Gasteiger partial charge in [0.1, 0.15) is 0 Å². The van der Waals surface area contributed by atoms with Crippen molar-refractivity contribution < 1.29 is 26.9 Å². The van der Waals surface area contributed by atoms with Gasteiger partial charge in [-0.15, -0.1) is 11.0 Å². The van der Waals surface area contributed by atoms with Crippen LogP contribution in [0.4, 0.5) is 0 Å². The maximum Gasteiger partial charge on any atom is 0.231 e. The molecule has 0 fully saturated rings. The van der Waals surface area contributed by atoms with Gasteiger partial charge in [-0.25, -0.2) is 0 Å². The summed E-state index contributed by atoms with van der Waals surface area (Å²) in [5, 5.41) is 10.4. The monoisotopic (exact) mass is 1020 g/mol. The summed E-state index contributed by atoms with van der Waals surface area (Å²) in [5.74, 6) is 1.47. The number of aromatic nitrogens is 5. The van der Waals surface area contributed by atoms with Crippen molar-refractivity contribution in [2.24, 2.45) is 0 Å². The topological polar surface area (TPSA) is 40.7 Å². The summed E-state index contributed by atoms with van der Waals surface area (Å²) in [6.45, 7) is 23.0. The molecule has 0 bridgehead atoms. The van der Waals surface area contributed by atoms with Gasteiger partial charge in [-0.3, -0.25) is 0 Å². The molecule has 3 heterocycles. The van der Waals surface area contributed by atoms with Crippen molar-refractivity contribution in [2.45, 2.75) is 91.9 Å².